The second-order valence-electron chi connectivity index (χ2n) is 2.53. The van der Waals surface area contributed by atoms with Gasteiger partial charge in [0, 0.05) is 12.1 Å². The number of hydrogen-bond donors (Lipinski definition) is 2. The lowest BCUT2D eigenvalue weighted by atomic mass is 10.1. The Balaban J connectivity index is 2.94. The molecule has 1 aromatic rings. The van der Waals surface area contributed by atoms with Crippen molar-refractivity contribution in [1.29, 1.82) is 5.41 Å². The number of nitrogens with one attached hydrogen (secondary N) is 1. The minimum atomic E-state index is -0.505. The summed E-state index contributed by atoms with van der Waals surface area (Å²) in [6, 6.07) is 5.55. The van der Waals surface area contributed by atoms with E-state index < -0.39 is 4.92 Å². The molecule has 1 rings (SSSR count). The van der Waals surface area contributed by atoms with Gasteiger partial charge in [0.15, 0.2) is 0 Å². The van der Waals surface area contributed by atoms with Crippen LogP contribution in [0.3, 0.4) is 0 Å². The summed E-state index contributed by atoms with van der Waals surface area (Å²) in [5.74, 6) is 0. The number of nitrogens with zero attached hydrogens (tertiary/aromatic N) is 1. The number of aliphatic hydroxyl groups is 1. The van der Waals surface area contributed by atoms with E-state index in [-0.39, 0.29) is 11.4 Å². The fourth-order valence-corrected chi connectivity index (χ4v) is 0.933. The van der Waals surface area contributed by atoms with E-state index in [4.69, 9.17) is 10.5 Å². The molecule has 0 saturated heterocycles. The normalized spacial score (nSPS) is 10.3. The first-order valence-corrected chi connectivity index (χ1v) is 3.79. The Morgan fingerprint density at radius 1 is 1.43 bits per heavy atom. The summed E-state index contributed by atoms with van der Waals surface area (Å²) < 4.78 is 0. The molecular formula is C9H8N2O3. The highest BCUT2D eigenvalue weighted by Gasteiger charge is 2.04. The van der Waals surface area contributed by atoms with Gasteiger partial charge in [-0.2, -0.15) is 0 Å². The predicted molar refractivity (Wildman–Crippen MR) is 51.7 cm³/mol. The molecule has 0 unspecified atom stereocenters. The fraction of sp³-hybridized carbons (Fsp3) is 0. The molecule has 5 heteroatoms. The highest BCUT2D eigenvalue weighted by molar-refractivity contribution is 6.06. The minimum absolute atomic E-state index is 0.0190. The van der Waals surface area contributed by atoms with Gasteiger partial charge in [-0.15, -0.1) is 0 Å². The van der Waals surface area contributed by atoms with Crippen LogP contribution in [0.4, 0.5) is 5.69 Å². The zero-order chi connectivity index (χ0) is 10.6. The van der Waals surface area contributed by atoms with Gasteiger partial charge in [-0.25, -0.2) is 0 Å². The molecule has 0 aromatic heterocycles. The van der Waals surface area contributed by atoms with Crippen LogP contribution in [0.25, 0.3) is 0 Å². The van der Waals surface area contributed by atoms with Crippen molar-refractivity contribution in [3.8, 4) is 0 Å². The summed E-state index contributed by atoms with van der Waals surface area (Å²) in [4.78, 5) is 9.80. The van der Waals surface area contributed by atoms with E-state index in [1.165, 1.54) is 30.3 Å². The number of rotatable bonds is 3. The standard InChI is InChI=1S/C9H8N2O3/c10-9(5-6-12)7-1-3-8(4-2-7)11(13)14/h1-6,10,12H/b6-5-,10-9?. The number of aliphatic hydroxyl groups excluding tert-OH is 1. The second-order valence-corrected chi connectivity index (χ2v) is 2.53. The van der Waals surface area contributed by atoms with Crippen molar-refractivity contribution in [3.05, 3.63) is 52.3 Å². The van der Waals surface area contributed by atoms with Gasteiger partial charge < -0.3 is 10.5 Å². The molecule has 14 heavy (non-hydrogen) atoms. The molecule has 0 bridgehead atoms. The van der Waals surface area contributed by atoms with Crippen molar-refractivity contribution >= 4 is 11.4 Å². The maximum absolute atomic E-state index is 10.3. The SMILES string of the molecule is N=C(/C=C\O)c1ccc([N+](=O)[O-])cc1. The summed E-state index contributed by atoms with van der Waals surface area (Å²) >= 11 is 0. The zero-order valence-corrected chi connectivity index (χ0v) is 7.18. The highest BCUT2D eigenvalue weighted by Crippen LogP contribution is 2.12. The van der Waals surface area contributed by atoms with E-state index in [0.717, 1.165) is 6.26 Å². The average molecular weight is 192 g/mol. The summed E-state index contributed by atoms with van der Waals surface area (Å²) in [7, 11) is 0. The van der Waals surface area contributed by atoms with Crippen molar-refractivity contribution in [3.63, 3.8) is 0 Å². The van der Waals surface area contributed by atoms with Gasteiger partial charge in [0.1, 0.15) is 0 Å². The number of nitro benzene ring substituents is 1. The quantitative estimate of drug-likeness (QED) is 0.332. The van der Waals surface area contributed by atoms with Crippen LogP contribution in [-0.4, -0.2) is 15.7 Å². The summed E-state index contributed by atoms with van der Waals surface area (Å²) in [5.41, 5.74) is 0.595. The number of nitro groups is 1. The first-order chi connectivity index (χ1) is 6.65. The van der Waals surface area contributed by atoms with Gasteiger partial charge in [0.2, 0.25) is 0 Å². The Bertz CT molecular complexity index is 382. The van der Waals surface area contributed by atoms with Gasteiger partial charge in [0.25, 0.3) is 5.69 Å². The number of hydrogen-bond acceptors (Lipinski definition) is 4. The van der Waals surface area contributed by atoms with Crippen molar-refractivity contribution < 1.29 is 10.0 Å². The highest BCUT2D eigenvalue weighted by atomic mass is 16.6. The van der Waals surface area contributed by atoms with E-state index in [2.05, 4.69) is 0 Å². The maximum atomic E-state index is 10.3. The Kier molecular flexibility index (Phi) is 2.96. The molecule has 0 saturated carbocycles. The molecular weight excluding hydrogens is 184 g/mol. The van der Waals surface area contributed by atoms with E-state index in [9.17, 15) is 10.1 Å². The molecule has 0 aliphatic carbocycles. The average Bonchev–Trinajstić information content (AvgIpc) is 2.18. The van der Waals surface area contributed by atoms with Gasteiger partial charge in [-0.3, -0.25) is 10.1 Å². The van der Waals surface area contributed by atoms with Crippen LogP contribution >= 0.6 is 0 Å². The van der Waals surface area contributed by atoms with Gasteiger partial charge in [-0.1, -0.05) is 0 Å². The first-order valence-electron chi connectivity index (χ1n) is 3.79. The summed E-state index contributed by atoms with van der Waals surface area (Å²) in [6.07, 6.45) is 1.95. The van der Waals surface area contributed by atoms with Crippen LogP contribution < -0.4 is 0 Å². The van der Waals surface area contributed by atoms with Gasteiger partial charge in [-0.05, 0) is 23.8 Å². The number of non-ortho nitro benzene ring substituents is 1. The molecule has 0 spiro atoms. The molecule has 0 fully saturated rings. The third-order valence-corrected chi connectivity index (χ3v) is 1.63. The van der Waals surface area contributed by atoms with Crippen LogP contribution in [0.5, 0.6) is 0 Å². The minimum Gasteiger partial charge on any atom is -0.516 e. The van der Waals surface area contributed by atoms with Crippen molar-refractivity contribution in [2.75, 3.05) is 0 Å². The fourth-order valence-electron chi connectivity index (χ4n) is 0.933. The number of allylic oxidation sites excluding steroid dienone is 1. The van der Waals surface area contributed by atoms with Crippen molar-refractivity contribution in [2.24, 2.45) is 0 Å². The van der Waals surface area contributed by atoms with Crippen LogP contribution in [0.15, 0.2) is 36.6 Å². The number of benzene rings is 1. The van der Waals surface area contributed by atoms with Crippen molar-refractivity contribution in [1.82, 2.24) is 0 Å². The monoisotopic (exact) mass is 192 g/mol. The molecule has 0 atom stereocenters. The Labute approximate surface area is 80.0 Å². The molecule has 0 aliphatic heterocycles. The smallest absolute Gasteiger partial charge is 0.269 e. The molecule has 2 N–H and O–H groups in total. The van der Waals surface area contributed by atoms with E-state index in [1.54, 1.807) is 0 Å². The Hall–Kier alpha value is -2.17. The van der Waals surface area contributed by atoms with Gasteiger partial charge in [0.05, 0.1) is 16.9 Å². The second kappa shape index (κ2) is 4.18. The molecule has 0 radical (unpaired) electrons. The lowest BCUT2D eigenvalue weighted by molar-refractivity contribution is -0.384. The summed E-state index contributed by atoms with van der Waals surface area (Å²) in [5, 5.41) is 26.1. The molecule has 0 aliphatic rings. The zero-order valence-electron chi connectivity index (χ0n) is 7.18. The van der Waals surface area contributed by atoms with Crippen LogP contribution in [0, 0.1) is 15.5 Å². The van der Waals surface area contributed by atoms with Crippen LogP contribution in [0.2, 0.25) is 0 Å². The Morgan fingerprint density at radius 2 is 2.00 bits per heavy atom. The first kappa shape index (κ1) is 9.91. The summed E-state index contributed by atoms with van der Waals surface area (Å²) in [6.45, 7) is 0. The largest absolute Gasteiger partial charge is 0.516 e. The van der Waals surface area contributed by atoms with Crippen molar-refractivity contribution in [2.45, 2.75) is 0 Å². The van der Waals surface area contributed by atoms with Crippen LogP contribution in [-0.2, 0) is 0 Å². The molecule has 5 nitrogen and oxygen atoms in total. The third kappa shape index (κ3) is 2.16. The predicted octanol–water partition coefficient (Wildman–Crippen LogP) is 2.03. The van der Waals surface area contributed by atoms with Gasteiger partial charge >= 0.3 is 0 Å². The maximum Gasteiger partial charge on any atom is 0.269 e. The van der Waals surface area contributed by atoms with E-state index in [1.807, 2.05) is 0 Å². The third-order valence-electron chi connectivity index (χ3n) is 1.63. The van der Waals surface area contributed by atoms with E-state index >= 15 is 0 Å². The molecule has 1 aromatic carbocycles. The molecule has 72 valence electrons. The van der Waals surface area contributed by atoms with E-state index in [0.29, 0.717) is 5.56 Å². The lowest BCUT2D eigenvalue weighted by Crippen LogP contribution is -1.95. The molecule has 0 heterocycles. The van der Waals surface area contributed by atoms with Crippen LogP contribution in [0.1, 0.15) is 5.56 Å². The lowest BCUT2D eigenvalue weighted by Gasteiger charge is -1.96. The molecule has 0 amide bonds. The Morgan fingerprint density at radius 3 is 2.43 bits per heavy atom. The topological polar surface area (TPSA) is 87.2 Å².